The number of likely N-dealkylation sites (N-methyl/N-ethyl adjacent to an activating group) is 1. The number of furan rings is 1. The van der Waals surface area contributed by atoms with E-state index >= 15 is 0 Å². The Morgan fingerprint density at radius 2 is 2.12 bits per heavy atom. The van der Waals surface area contributed by atoms with Crippen LogP contribution in [0.15, 0.2) is 45.9 Å². The first-order valence-corrected chi connectivity index (χ1v) is 9.48. The van der Waals surface area contributed by atoms with Crippen molar-refractivity contribution in [1.82, 2.24) is 10.0 Å². The number of carbonyl (C=O) groups excluding carboxylic acids is 2. The second-order valence-corrected chi connectivity index (χ2v) is 7.77. The molecule has 1 atom stereocenters. The molecule has 2 aromatic rings. The molecule has 26 heavy (non-hydrogen) atoms. The summed E-state index contributed by atoms with van der Waals surface area (Å²) in [4.78, 5) is 25.3. The zero-order valence-corrected chi connectivity index (χ0v) is 15.2. The number of hydrogen-bond donors (Lipinski definition) is 2. The van der Waals surface area contributed by atoms with Crippen molar-refractivity contribution in [3.05, 3.63) is 47.9 Å². The molecular weight excluding hydrogens is 358 g/mol. The molecule has 1 aromatic carbocycles. The predicted molar refractivity (Wildman–Crippen MR) is 93.9 cm³/mol. The number of nitrogens with one attached hydrogen (secondary N) is 2. The Morgan fingerprint density at radius 3 is 2.81 bits per heavy atom. The van der Waals surface area contributed by atoms with Gasteiger partial charge in [0, 0.05) is 12.7 Å². The molecule has 3 rings (SSSR count). The Hall–Kier alpha value is -2.65. The molecule has 0 saturated carbocycles. The van der Waals surface area contributed by atoms with Crippen LogP contribution in [0.3, 0.4) is 0 Å². The zero-order chi connectivity index (χ0) is 18.9. The van der Waals surface area contributed by atoms with Crippen LogP contribution in [-0.2, 0) is 32.6 Å². The van der Waals surface area contributed by atoms with Gasteiger partial charge in [0.15, 0.2) is 0 Å². The third-order valence-corrected chi connectivity index (χ3v) is 5.72. The molecule has 0 spiro atoms. The van der Waals surface area contributed by atoms with E-state index in [1.165, 1.54) is 30.2 Å². The van der Waals surface area contributed by atoms with Gasteiger partial charge >= 0.3 is 0 Å². The first-order valence-electron chi connectivity index (χ1n) is 8.00. The van der Waals surface area contributed by atoms with Gasteiger partial charge in [0.2, 0.25) is 21.8 Å². The van der Waals surface area contributed by atoms with Crippen molar-refractivity contribution in [2.45, 2.75) is 30.8 Å². The molecule has 0 fully saturated rings. The van der Waals surface area contributed by atoms with Crippen molar-refractivity contribution in [3.8, 4) is 0 Å². The Kier molecular flexibility index (Phi) is 4.84. The van der Waals surface area contributed by atoms with Gasteiger partial charge in [0.1, 0.15) is 5.76 Å². The molecule has 0 unspecified atom stereocenters. The highest BCUT2D eigenvalue weighted by atomic mass is 32.2. The number of carbonyl (C=O) groups is 2. The van der Waals surface area contributed by atoms with Gasteiger partial charge in [0.25, 0.3) is 0 Å². The van der Waals surface area contributed by atoms with Crippen LogP contribution in [0.4, 0.5) is 5.69 Å². The number of hydrogen-bond acceptors (Lipinski definition) is 5. The van der Waals surface area contributed by atoms with Crippen molar-refractivity contribution < 1.29 is 22.4 Å². The molecule has 1 aliphatic heterocycles. The van der Waals surface area contributed by atoms with Gasteiger partial charge in [0.05, 0.1) is 30.2 Å². The topological polar surface area (TPSA) is 109 Å². The SMILES string of the molecule is C[C@@H](NS(=O)(=O)c1ccc2c(c1)CC(=O)N2C)C(=O)NCc1ccco1. The number of fused-ring (bicyclic) bond motifs is 1. The molecule has 2 N–H and O–H groups in total. The third kappa shape index (κ3) is 3.63. The molecule has 2 heterocycles. The minimum Gasteiger partial charge on any atom is -0.467 e. The maximum absolute atomic E-state index is 12.5. The van der Waals surface area contributed by atoms with Crippen molar-refractivity contribution >= 4 is 27.5 Å². The number of amides is 2. The minimum absolute atomic E-state index is 0.0186. The van der Waals surface area contributed by atoms with Gasteiger partial charge in [-0.15, -0.1) is 0 Å². The van der Waals surface area contributed by atoms with E-state index in [1.54, 1.807) is 25.2 Å². The molecule has 0 radical (unpaired) electrons. The molecule has 0 aliphatic carbocycles. The van der Waals surface area contributed by atoms with Gasteiger partial charge in [-0.05, 0) is 42.8 Å². The second kappa shape index (κ2) is 6.93. The standard InChI is InChI=1S/C17H19N3O5S/c1-11(17(22)18-10-13-4-3-7-25-13)19-26(23,24)14-5-6-15-12(8-14)9-16(21)20(15)2/h3-8,11,19H,9-10H2,1-2H3,(H,18,22)/t11-/m1/s1. The lowest BCUT2D eigenvalue weighted by Gasteiger charge is -2.15. The van der Waals surface area contributed by atoms with Crippen molar-refractivity contribution in [3.63, 3.8) is 0 Å². The van der Waals surface area contributed by atoms with Crippen LogP contribution in [0.1, 0.15) is 18.2 Å². The maximum Gasteiger partial charge on any atom is 0.241 e. The fourth-order valence-corrected chi connectivity index (χ4v) is 3.96. The van der Waals surface area contributed by atoms with Crippen molar-refractivity contribution in [1.29, 1.82) is 0 Å². The molecule has 1 aliphatic rings. The summed E-state index contributed by atoms with van der Waals surface area (Å²) in [7, 11) is -2.25. The van der Waals surface area contributed by atoms with Crippen LogP contribution in [0, 0.1) is 0 Å². The normalized spacial score (nSPS) is 15.0. The van der Waals surface area contributed by atoms with Gasteiger partial charge < -0.3 is 14.6 Å². The zero-order valence-electron chi connectivity index (χ0n) is 14.4. The summed E-state index contributed by atoms with van der Waals surface area (Å²) in [6.07, 6.45) is 1.65. The van der Waals surface area contributed by atoms with E-state index in [0.29, 0.717) is 17.0 Å². The molecule has 0 saturated heterocycles. The molecule has 8 nitrogen and oxygen atoms in total. The average Bonchev–Trinajstić information content (AvgIpc) is 3.20. The van der Waals surface area contributed by atoms with Gasteiger partial charge in [-0.3, -0.25) is 9.59 Å². The summed E-state index contributed by atoms with van der Waals surface area (Å²) < 4.78 is 32.5. The van der Waals surface area contributed by atoms with Gasteiger partial charge in [-0.25, -0.2) is 8.42 Å². The quantitative estimate of drug-likeness (QED) is 0.773. The monoisotopic (exact) mass is 377 g/mol. The predicted octanol–water partition coefficient (Wildman–Crippen LogP) is 0.782. The Bertz CT molecular complexity index is 937. The maximum atomic E-state index is 12.5. The first kappa shape index (κ1) is 18.2. The highest BCUT2D eigenvalue weighted by Crippen LogP contribution is 2.29. The van der Waals surface area contributed by atoms with E-state index < -0.39 is 22.0 Å². The highest BCUT2D eigenvalue weighted by Gasteiger charge is 2.27. The molecule has 138 valence electrons. The Labute approximate surface area is 151 Å². The fourth-order valence-electron chi connectivity index (χ4n) is 2.71. The Morgan fingerprint density at radius 1 is 1.35 bits per heavy atom. The van der Waals surface area contributed by atoms with Gasteiger partial charge in [-0.2, -0.15) is 4.72 Å². The number of anilines is 1. The van der Waals surface area contributed by atoms with Crippen LogP contribution in [0.2, 0.25) is 0 Å². The van der Waals surface area contributed by atoms with E-state index in [4.69, 9.17) is 4.42 Å². The second-order valence-electron chi connectivity index (χ2n) is 6.06. The average molecular weight is 377 g/mol. The fraction of sp³-hybridized carbons (Fsp3) is 0.294. The largest absolute Gasteiger partial charge is 0.467 e. The highest BCUT2D eigenvalue weighted by molar-refractivity contribution is 7.89. The summed E-state index contributed by atoms with van der Waals surface area (Å²) in [5.74, 6) is 0.00930. The summed E-state index contributed by atoms with van der Waals surface area (Å²) in [5, 5.41) is 2.60. The van der Waals surface area contributed by atoms with Gasteiger partial charge in [-0.1, -0.05) is 0 Å². The van der Waals surface area contributed by atoms with E-state index in [-0.39, 0.29) is 23.8 Å². The number of rotatable bonds is 6. The number of sulfonamides is 1. The van der Waals surface area contributed by atoms with Crippen LogP contribution in [0.5, 0.6) is 0 Å². The van der Waals surface area contributed by atoms with E-state index in [0.717, 1.165) is 0 Å². The van der Waals surface area contributed by atoms with Crippen LogP contribution in [-0.4, -0.2) is 33.3 Å². The lowest BCUT2D eigenvalue weighted by atomic mass is 10.2. The third-order valence-electron chi connectivity index (χ3n) is 4.18. The molecule has 0 bridgehead atoms. The van der Waals surface area contributed by atoms with Crippen LogP contribution < -0.4 is 14.9 Å². The van der Waals surface area contributed by atoms with Crippen LogP contribution in [0.25, 0.3) is 0 Å². The number of nitrogens with zero attached hydrogens (tertiary/aromatic N) is 1. The molecule has 2 amide bonds. The number of benzene rings is 1. The lowest BCUT2D eigenvalue weighted by molar-refractivity contribution is -0.122. The van der Waals surface area contributed by atoms with E-state index in [1.807, 2.05) is 0 Å². The first-order chi connectivity index (χ1) is 12.3. The van der Waals surface area contributed by atoms with E-state index in [2.05, 4.69) is 10.0 Å². The molecule has 1 aromatic heterocycles. The minimum atomic E-state index is -3.90. The summed E-state index contributed by atoms with van der Waals surface area (Å²) >= 11 is 0. The molecular formula is C17H19N3O5S. The summed E-state index contributed by atoms with van der Waals surface area (Å²) in [6, 6.07) is 6.92. The van der Waals surface area contributed by atoms with E-state index in [9.17, 15) is 18.0 Å². The van der Waals surface area contributed by atoms with Crippen molar-refractivity contribution in [2.75, 3.05) is 11.9 Å². The smallest absolute Gasteiger partial charge is 0.241 e. The molecule has 9 heteroatoms. The lowest BCUT2D eigenvalue weighted by Crippen LogP contribution is -2.44. The summed E-state index contributed by atoms with van der Waals surface area (Å²) in [5.41, 5.74) is 1.34. The summed E-state index contributed by atoms with van der Waals surface area (Å²) in [6.45, 7) is 1.63. The Balaban J connectivity index is 1.67. The van der Waals surface area contributed by atoms with Crippen molar-refractivity contribution in [2.24, 2.45) is 0 Å². The van der Waals surface area contributed by atoms with Crippen LogP contribution >= 0.6 is 0 Å².